The molecular formula is C19H22N4O4S2. The van der Waals surface area contributed by atoms with Crippen molar-refractivity contribution in [2.45, 2.75) is 24.8 Å². The standard InChI is InChI=1S/C19H22N4O4S2/c1-13-10-14(2)23(22-13)17(18-4-3-9-28-18)11-21-29(25,26)16-7-5-15(6-8-16)27-12-19(20)24/h3-10,17,21H,11-12H2,1-2H3,(H2,20,24). The fourth-order valence-corrected chi connectivity index (χ4v) is 4.74. The number of hydrogen-bond donors (Lipinski definition) is 2. The molecule has 1 aromatic carbocycles. The van der Waals surface area contributed by atoms with Gasteiger partial charge in [0.05, 0.1) is 16.6 Å². The van der Waals surface area contributed by atoms with Crippen molar-refractivity contribution in [3.05, 3.63) is 64.1 Å². The monoisotopic (exact) mass is 434 g/mol. The number of benzene rings is 1. The van der Waals surface area contributed by atoms with Crippen LogP contribution in [-0.2, 0) is 14.8 Å². The minimum Gasteiger partial charge on any atom is -0.484 e. The van der Waals surface area contributed by atoms with Gasteiger partial charge in [0.1, 0.15) is 5.75 Å². The van der Waals surface area contributed by atoms with Crippen LogP contribution in [0.1, 0.15) is 22.3 Å². The zero-order valence-electron chi connectivity index (χ0n) is 16.0. The van der Waals surface area contributed by atoms with Crippen LogP contribution in [0.3, 0.4) is 0 Å². The summed E-state index contributed by atoms with van der Waals surface area (Å²) < 4.78 is 35.2. The van der Waals surface area contributed by atoms with E-state index in [0.29, 0.717) is 5.75 Å². The van der Waals surface area contributed by atoms with E-state index in [2.05, 4.69) is 9.82 Å². The number of thiophene rings is 1. The zero-order chi connectivity index (χ0) is 21.0. The maximum atomic E-state index is 12.8. The molecule has 0 spiro atoms. The third-order valence-electron chi connectivity index (χ3n) is 4.19. The highest BCUT2D eigenvalue weighted by atomic mass is 32.2. The average Bonchev–Trinajstić information content (AvgIpc) is 3.31. The molecular weight excluding hydrogens is 412 g/mol. The topological polar surface area (TPSA) is 116 Å². The number of sulfonamides is 1. The number of carbonyl (C=O) groups is 1. The Hall–Kier alpha value is -2.69. The van der Waals surface area contributed by atoms with Crippen molar-refractivity contribution in [3.63, 3.8) is 0 Å². The summed E-state index contributed by atoms with van der Waals surface area (Å²) in [6, 6.07) is 11.4. The Bertz CT molecular complexity index is 1070. The summed E-state index contributed by atoms with van der Waals surface area (Å²) in [5.41, 5.74) is 6.86. The van der Waals surface area contributed by atoms with E-state index in [1.807, 2.05) is 42.1 Å². The summed E-state index contributed by atoms with van der Waals surface area (Å²) in [5.74, 6) is -0.242. The minimum absolute atomic E-state index is 0.0993. The van der Waals surface area contributed by atoms with Crippen LogP contribution < -0.4 is 15.2 Å². The number of carbonyl (C=O) groups excluding carboxylic acids is 1. The maximum absolute atomic E-state index is 12.8. The third kappa shape index (κ3) is 5.22. The van der Waals surface area contributed by atoms with Gasteiger partial charge >= 0.3 is 0 Å². The summed E-state index contributed by atoms with van der Waals surface area (Å²) in [7, 11) is -3.74. The first kappa shape index (κ1) is 21.0. The molecule has 0 fully saturated rings. The number of ether oxygens (including phenoxy) is 1. The van der Waals surface area contributed by atoms with Crippen LogP contribution in [0.25, 0.3) is 0 Å². The molecule has 0 bridgehead atoms. The SMILES string of the molecule is Cc1cc(C)n(C(CNS(=O)(=O)c2ccc(OCC(N)=O)cc2)c2cccs2)n1. The highest BCUT2D eigenvalue weighted by Gasteiger charge is 2.22. The second-order valence-corrected chi connectivity index (χ2v) is 9.23. The largest absolute Gasteiger partial charge is 0.484 e. The molecule has 29 heavy (non-hydrogen) atoms. The molecule has 1 unspecified atom stereocenters. The summed E-state index contributed by atoms with van der Waals surface area (Å²) in [6.45, 7) is 3.74. The highest BCUT2D eigenvalue weighted by Crippen LogP contribution is 2.25. The van der Waals surface area contributed by atoms with Crippen molar-refractivity contribution < 1.29 is 17.9 Å². The summed E-state index contributed by atoms with van der Waals surface area (Å²) in [6.07, 6.45) is 0. The number of nitrogens with zero attached hydrogens (tertiary/aromatic N) is 2. The van der Waals surface area contributed by atoms with Crippen LogP contribution in [0.15, 0.2) is 52.7 Å². The first-order valence-electron chi connectivity index (χ1n) is 8.83. The molecule has 0 radical (unpaired) electrons. The van der Waals surface area contributed by atoms with Crippen LogP contribution in [-0.4, -0.2) is 37.3 Å². The van der Waals surface area contributed by atoms with Gasteiger partial charge in [-0.25, -0.2) is 13.1 Å². The highest BCUT2D eigenvalue weighted by molar-refractivity contribution is 7.89. The number of amides is 1. The smallest absolute Gasteiger partial charge is 0.255 e. The molecule has 1 atom stereocenters. The van der Waals surface area contributed by atoms with Gasteiger partial charge in [-0.1, -0.05) is 6.07 Å². The molecule has 8 nitrogen and oxygen atoms in total. The number of primary amides is 1. The lowest BCUT2D eigenvalue weighted by Crippen LogP contribution is -2.32. The molecule has 0 aliphatic carbocycles. The second-order valence-electron chi connectivity index (χ2n) is 6.48. The van der Waals surface area contributed by atoms with Gasteiger partial charge in [0.2, 0.25) is 10.0 Å². The van der Waals surface area contributed by atoms with Gasteiger partial charge in [0.15, 0.2) is 6.61 Å². The van der Waals surface area contributed by atoms with Crippen LogP contribution in [0.2, 0.25) is 0 Å². The van der Waals surface area contributed by atoms with Crippen LogP contribution >= 0.6 is 11.3 Å². The predicted molar refractivity (Wildman–Crippen MR) is 110 cm³/mol. The van der Waals surface area contributed by atoms with E-state index in [-0.39, 0.29) is 24.1 Å². The minimum atomic E-state index is -3.74. The first-order chi connectivity index (χ1) is 13.8. The number of rotatable bonds is 9. The number of hydrogen-bond acceptors (Lipinski definition) is 6. The van der Waals surface area contributed by atoms with Crippen molar-refractivity contribution in [1.29, 1.82) is 0 Å². The van der Waals surface area contributed by atoms with E-state index in [1.54, 1.807) is 11.3 Å². The van der Waals surface area contributed by atoms with Crippen molar-refractivity contribution >= 4 is 27.3 Å². The molecule has 2 heterocycles. The molecule has 0 saturated heterocycles. The fraction of sp³-hybridized carbons (Fsp3) is 0.263. The number of aryl methyl sites for hydroxylation is 2. The Morgan fingerprint density at radius 1 is 1.28 bits per heavy atom. The fourth-order valence-electron chi connectivity index (χ4n) is 2.89. The molecule has 3 N–H and O–H groups in total. The van der Waals surface area contributed by atoms with Crippen molar-refractivity contribution in [2.75, 3.05) is 13.2 Å². The van der Waals surface area contributed by atoms with E-state index in [0.717, 1.165) is 16.3 Å². The van der Waals surface area contributed by atoms with E-state index < -0.39 is 15.9 Å². The molecule has 0 aliphatic heterocycles. The number of nitrogens with two attached hydrogens (primary N) is 1. The third-order valence-corrected chi connectivity index (χ3v) is 6.61. The van der Waals surface area contributed by atoms with E-state index in [9.17, 15) is 13.2 Å². The van der Waals surface area contributed by atoms with Gasteiger partial charge < -0.3 is 10.5 Å². The maximum Gasteiger partial charge on any atom is 0.255 e. The second kappa shape index (κ2) is 8.76. The molecule has 154 valence electrons. The Morgan fingerprint density at radius 3 is 2.55 bits per heavy atom. The van der Waals surface area contributed by atoms with Crippen LogP contribution in [0, 0.1) is 13.8 Å². The van der Waals surface area contributed by atoms with Crippen molar-refractivity contribution in [1.82, 2.24) is 14.5 Å². The normalized spacial score (nSPS) is 12.6. The van der Waals surface area contributed by atoms with Crippen LogP contribution in [0.4, 0.5) is 0 Å². The lowest BCUT2D eigenvalue weighted by Gasteiger charge is -2.19. The Balaban J connectivity index is 1.76. The average molecular weight is 435 g/mol. The summed E-state index contributed by atoms with van der Waals surface area (Å²) >= 11 is 1.55. The molecule has 2 aromatic heterocycles. The number of aromatic nitrogens is 2. The zero-order valence-corrected chi connectivity index (χ0v) is 17.7. The molecule has 3 rings (SSSR count). The molecule has 0 saturated carbocycles. The van der Waals surface area contributed by atoms with Gasteiger partial charge in [-0.3, -0.25) is 9.48 Å². The Kier molecular flexibility index (Phi) is 6.36. The van der Waals surface area contributed by atoms with Gasteiger partial charge in [0.25, 0.3) is 5.91 Å². The molecule has 0 aliphatic rings. The quantitative estimate of drug-likeness (QED) is 0.534. The van der Waals surface area contributed by atoms with Gasteiger partial charge in [0, 0.05) is 17.1 Å². The summed E-state index contributed by atoms with van der Waals surface area (Å²) in [4.78, 5) is 11.9. The predicted octanol–water partition coefficient (Wildman–Crippen LogP) is 1.99. The first-order valence-corrected chi connectivity index (χ1v) is 11.2. The van der Waals surface area contributed by atoms with Gasteiger partial charge in [-0.15, -0.1) is 11.3 Å². The number of nitrogens with one attached hydrogen (secondary N) is 1. The Labute approximate surface area is 173 Å². The van der Waals surface area contributed by atoms with E-state index >= 15 is 0 Å². The Morgan fingerprint density at radius 2 is 2.00 bits per heavy atom. The lowest BCUT2D eigenvalue weighted by atomic mass is 10.2. The molecule has 1 amide bonds. The van der Waals surface area contributed by atoms with Gasteiger partial charge in [-0.2, -0.15) is 5.10 Å². The molecule has 10 heteroatoms. The van der Waals surface area contributed by atoms with Crippen molar-refractivity contribution in [2.24, 2.45) is 5.73 Å². The van der Waals surface area contributed by atoms with Gasteiger partial charge in [-0.05, 0) is 55.6 Å². The van der Waals surface area contributed by atoms with E-state index in [1.165, 1.54) is 24.3 Å². The van der Waals surface area contributed by atoms with Crippen LogP contribution in [0.5, 0.6) is 5.75 Å². The van der Waals surface area contributed by atoms with E-state index in [4.69, 9.17) is 10.5 Å². The summed E-state index contributed by atoms with van der Waals surface area (Å²) in [5, 5.41) is 6.47. The lowest BCUT2D eigenvalue weighted by molar-refractivity contribution is -0.119. The van der Waals surface area contributed by atoms with Crippen molar-refractivity contribution in [3.8, 4) is 5.75 Å². The molecule has 3 aromatic rings.